The van der Waals surface area contributed by atoms with Crippen LogP contribution in [0.3, 0.4) is 0 Å². The van der Waals surface area contributed by atoms with Crippen LogP contribution in [0.4, 0.5) is 0 Å². The Morgan fingerprint density at radius 3 is 2.76 bits per heavy atom. The SMILES string of the molecule is CCCS(=O)(=O)N1CCCCC1c1nc(C2(OC)CCOCC2)no1. The van der Waals surface area contributed by atoms with Gasteiger partial charge in [-0.2, -0.15) is 9.29 Å². The fraction of sp³-hybridized carbons (Fsp3) is 0.875. The summed E-state index contributed by atoms with van der Waals surface area (Å²) < 4.78 is 43.3. The van der Waals surface area contributed by atoms with E-state index in [0.29, 0.717) is 57.2 Å². The molecule has 0 aliphatic carbocycles. The molecule has 142 valence electrons. The first kappa shape index (κ1) is 18.8. The number of sulfonamides is 1. The lowest BCUT2D eigenvalue weighted by Gasteiger charge is -2.33. The molecule has 0 saturated carbocycles. The average molecular weight is 373 g/mol. The van der Waals surface area contributed by atoms with Crippen molar-refractivity contribution in [1.29, 1.82) is 0 Å². The van der Waals surface area contributed by atoms with E-state index >= 15 is 0 Å². The lowest BCUT2D eigenvalue weighted by Crippen LogP contribution is -2.40. The van der Waals surface area contributed by atoms with Gasteiger partial charge in [-0.25, -0.2) is 8.42 Å². The van der Waals surface area contributed by atoms with Crippen LogP contribution in [0.25, 0.3) is 0 Å². The molecule has 0 radical (unpaired) electrons. The lowest BCUT2D eigenvalue weighted by molar-refractivity contribution is -0.101. The van der Waals surface area contributed by atoms with Gasteiger partial charge in [-0.1, -0.05) is 18.5 Å². The van der Waals surface area contributed by atoms with Crippen molar-refractivity contribution in [3.05, 3.63) is 11.7 Å². The van der Waals surface area contributed by atoms with Gasteiger partial charge in [0.05, 0.1) is 5.75 Å². The molecule has 0 aromatic carbocycles. The first-order chi connectivity index (χ1) is 12.0. The van der Waals surface area contributed by atoms with E-state index in [4.69, 9.17) is 14.0 Å². The molecule has 8 nitrogen and oxygen atoms in total. The molecule has 1 aromatic rings. The minimum absolute atomic E-state index is 0.143. The zero-order valence-corrected chi connectivity index (χ0v) is 15.8. The predicted molar refractivity (Wildman–Crippen MR) is 90.4 cm³/mol. The standard InChI is InChI=1S/C16H27N3O5S/c1-3-12-25(20,21)19-9-5-4-6-13(19)14-17-15(18-24-14)16(22-2)7-10-23-11-8-16/h13H,3-12H2,1-2H3. The summed E-state index contributed by atoms with van der Waals surface area (Å²) >= 11 is 0. The molecule has 0 bridgehead atoms. The van der Waals surface area contributed by atoms with Gasteiger partial charge in [-0.15, -0.1) is 0 Å². The Kier molecular flexibility index (Phi) is 5.77. The lowest BCUT2D eigenvalue weighted by atomic mass is 9.93. The smallest absolute Gasteiger partial charge is 0.245 e. The van der Waals surface area contributed by atoms with Crippen LogP contribution in [0.5, 0.6) is 0 Å². The van der Waals surface area contributed by atoms with Crippen LogP contribution in [0.2, 0.25) is 0 Å². The Morgan fingerprint density at radius 1 is 1.32 bits per heavy atom. The first-order valence-electron chi connectivity index (χ1n) is 8.99. The Morgan fingerprint density at radius 2 is 2.08 bits per heavy atom. The second kappa shape index (κ2) is 7.69. The van der Waals surface area contributed by atoms with Crippen molar-refractivity contribution in [2.75, 3.05) is 32.6 Å². The van der Waals surface area contributed by atoms with Gasteiger partial charge in [0.25, 0.3) is 0 Å². The van der Waals surface area contributed by atoms with Crippen LogP contribution in [0, 0.1) is 0 Å². The number of piperidine rings is 1. The number of aromatic nitrogens is 2. The highest BCUT2D eigenvalue weighted by atomic mass is 32.2. The van der Waals surface area contributed by atoms with E-state index in [1.807, 2.05) is 6.92 Å². The van der Waals surface area contributed by atoms with Crippen molar-refractivity contribution in [1.82, 2.24) is 14.4 Å². The summed E-state index contributed by atoms with van der Waals surface area (Å²) in [6, 6.07) is -0.375. The molecule has 1 aromatic heterocycles. The topological polar surface area (TPSA) is 94.8 Å². The largest absolute Gasteiger partial charge is 0.381 e. The molecular weight excluding hydrogens is 346 g/mol. The highest BCUT2D eigenvalue weighted by molar-refractivity contribution is 7.89. The second-order valence-electron chi connectivity index (χ2n) is 6.71. The van der Waals surface area contributed by atoms with Crippen LogP contribution in [0.1, 0.15) is 63.2 Å². The number of ether oxygens (including phenoxy) is 2. The van der Waals surface area contributed by atoms with Crippen molar-refractivity contribution < 1.29 is 22.4 Å². The zero-order chi connectivity index (χ0) is 17.9. The quantitative estimate of drug-likeness (QED) is 0.752. The van der Waals surface area contributed by atoms with E-state index in [2.05, 4.69) is 10.1 Å². The summed E-state index contributed by atoms with van der Waals surface area (Å²) in [6.07, 6.45) is 4.42. The van der Waals surface area contributed by atoms with Gasteiger partial charge in [-0.05, 0) is 19.3 Å². The van der Waals surface area contributed by atoms with E-state index in [-0.39, 0.29) is 11.8 Å². The third-order valence-electron chi connectivity index (χ3n) is 5.10. The number of hydrogen-bond donors (Lipinski definition) is 0. The number of rotatable bonds is 6. The molecule has 0 amide bonds. The van der Waals surface area contributed by atoms with Crippen LogP contribution in [-0.4, -0.2) is 55.5 Å². The molecule has 2 aliphatic heterocycles. The maximum absolute atomic E-state index is 12.6. The summed E-state index contributed by atoms with van der Waals surface area (Å²) in [5.41, 5.74) is -0.609. The summed E-state index contributed by atoms with van der Waals surface area (Å²) in [6.45, 7) is 3.54. The highest BCUT2D eigenvalue weighted by Gasteiger charge is 2.41. The Bertz CT molecular complexity index is 669. The molecule has 2 saturated heterocycles. The molecule has 0 N–H and O–H groups in total. The van der Waals surface area contributed by atoms with Gasteiger partial charge in [-0.3, -0.25) is 0 Å². The van der Waals surface area contributed by atoms with Gasteiger partial charge >= 0.3 is 0 Å². The molecule has 1 unspecified atom stereocenters. The maximum atomic E-state index is 12.6. The minimum Gasteiger partial charge on any atom is -0.381 e. The van der Waals surface area contributed by atoms with Crippen LogP contribution in [-0.2, 0) is 25.1 Å². The molecule has 9 heteroatoms. The normalized spacial score (nSPS) is 25.1. The monoisotopic (exact) mass is 373 g/mol. The minimum atomic E-state index is -3.31. The van der Waals surface area contributed by atoms with E-state index in [9.17, 15) is 8.42 Å². The number of nitrogens with zero attached hydrogens (tertiary/aromatic N) is 3. The van der Waals surface area contributed by atoms with Crippen molar-refractivity contribution >= 4 is 10.0 Å². The molecule has 3 rings (SSSR count). The maximum Gasteiger partial charge on any atom is 0.245 e. The molecule has 2 fully saturated rings. The van der Waals surface area contributed by atoms with Crippen molar-refractivity contribution in [3.8, 4) is 0 Å². The van der Waals surface area contributed by atoms with E-state index in [1.54, 1.807) is 11.4 Å². The van der Waals surface area contributed by atoms with Crippen molar-refractivity contribution in [3.63, 3.8) is 0 Å². The first-order valence-corrected chi connectivity index (χ1v) is 10.6. The van der Waals surface area contributed by atoms with Gasteiger partial charge in [0.2, 0.25) is 21.7 Å². The predicted octanol–water partition coefficient (Wildman–Crippen LogP) is 1.99. The fourth-order valence-corrected chi connectivity index (χ4v) is 5.38. The summed E-state index contributed by atoms with van der Waals surface area (Å²) in [7, 11) is -1.67. The number of hydrogen-bond acceptors (Lipinski definition) is 7. The summed E-state index contributed by atoms with van der Waals surface area (Å²) in [4.78, 5) is 4.56. The Balaban J connectivity index is 1.86. The molecular formula is C16H27N3O5S. The van der Waals surface area contributed by atoms with E-state index < -0.39 is 15.6 Å². The molecule has 3 heterocycles. The van der Waals surface area contributed by atoms with Gasteiger partial charge in [0.1, 0.15) is 11.6 Å². The Labute approximate surface area is 148 Å². The van der Waals surface area contributed by atoms with Crippen molar-refractivity contribution in [2.45, 2.75) is 57.1 Å². The highest BCUT2D eigenvalue weighted by Crippen LogP contribution is 2.37. The van der Waals surface area contributed by atoms with Crippen molar-refractivity contribution in [2.24, 2.45) is 0 Å². The molecule has 0 spiro atoms. The van der Waals surface area contributed by atoms with Crippen LogP contribution >= 0.6 is 0 Å². The number of methoxy groups -OCH3 is 1. The second-order valence-corrected chi connectivity index (χ2v) is 8.75. The Hall–Kier alpha value is -1.03. The summed E-state index contributed by atoms with van der Waals surface area (Å²) in [5, 5.41) is 4.13. The zero-order valence-electron chi connectivity index (χ0n) is 14.9. The van der Waals surface area contributed by atoms with Crippen LogP contribution in [0.15, 0.2) is 4.52 Å². The fourth-order valence-electron chi connectivity index (χ4n) is 3.64. The third kappa shape index (κ3) is 3.74. The van der Waals surface area contributed by atoms with Gasteiger partial charge < -0.3 is 14.0 Å². The molecule has 25 heavy (non-hydrogen) atoms. The molecule has 1 atom stereocenters. The molecule has 2 aliphatic rings. The average Bonchev–Trinajstić information content (AvgIpc) is 3.13. The third-order valence-corrected chi connectivity index (χ3v) is 7.17. The summed E-state index contributed by atoms with van der Waals surface area (Å²) in [5.74, 6) is 1.01. The van der Waals surface area contributed by atoms with E-state index in [0.717, 1.165) is 12.8 Å². The van der Waals surface area contributed by atoms with Gasteiger partial charge in [0, 0.05) is 39.7 Å². The van der Waals surface area contributed by atoms with Gasteiger partial charge in [0.15, 0.2) is 0 Å². The van der Waals surface area contributed by atoms with Crippen LogP contribution < -0.4 is 0 Å². The van der Waals surface area contributed by atoms with E-state index in [1.165, 1.54) is 0 Å².